The number of hydrogen-bond donors (Lipinski definition) is 0. The van der Waals surface area contributed by atoms with Crippen molar-refractivity contribution in [2.75, 3.05) is 20.3 Å². The molecule has 1 aliphatic carbocycles. The maximum atomic E-state index is 5.28. The summed E-state index contributed by atoms with van der Waals surface area (Å²) in [5.41, 5.74) is 0. The molecule has 2 fully saturated rings. The zero-order valence-electron chi connectivity index (χ0n) is 13.2. The highest BCUT2D eigenvalue weighted by Gasteiger charge is 2.18. The van der Waals surface area contributed by atoms with E-state index >= 15 is 0 Å². The van der Waals surface area contributed by atoms with Crippen LogP contribution in [-0.4, -0.2) is 26.4 Å². The molecule has 1 saturated heterocycles. The topological polar surface area (TPSA) is 18.5 Å². The highest BCUT2D eigenvalue weighted by molar-refractivity contribution is 4.71. The first-order valence-corrected chi connectivity index (χ1v) is 7.86. The van der Waals surface area contributed by atoms with E-state index < -0.39 is 0 Å². The van der Waals surface area contributed by atoms with Gasteiger partial charge in [0, 0.05) is 20.3 Å². The monoisotopic (exact) mass is 258 g/mol. The van der Waals surface area contributed by atoms with Gasteiger partial charge in [-0.15, -0.1) is 0 Å². The summed E-state index contributed by atoms with van der Waals surface area (Å²) in [7, 11) is 1.83. The van der Waals surface area contributed by atoms with Crippen LogP contribution in [0.25, 0.3) is 0 Å². The van der Waals surface area contributed by atoms with Crippen LogP contribution in [-0.2, 0) is 9.47 Å². The van der Waals surface area contributed by atoms with Crippen molar-refractivity contribution in [2.24, 2.45) is 11.8 Å². The van der Waals surface area contributed by atoms with Gasteiger partial charge >= 0.3 is 0 Å². The quantitative estimate of drug-likeness (QED) is 0.716. The second-order valence-corrected chi connectivity index (χ2v) is 5.26. The molecule has 0 aromatic carbocycles. The van der Waals surface area contributed by atoms with Crippen LogP contribution in [0.3, 0.4) is 0 Å². The molecular formula is C16H34O2. The minimum atomic E-state index is 0.572. The van der Waals surface area contributed by atoms with E-state index in [2.05, 4.69) is 13.8 Å². The van der Waals surface area contributed by atoms with E-state index in [0.29, 0.717) is 6.10 Å². The fraction of sp³-hybridized carbons (Fsp3) is 1.00. The van der Waals surface area contributed by atoms with E-state index in [1.165, 1.54) is 38.5 Å². The summed E-state index contributed by atoms with van der Waals surface area (Å²) in [6.07, 6.45) is 8.53. The van der Waals surface area contributed by atoms with Gasteiger partial charge in [-0.1, -0.05) is 34.1 Å². The second kappa shape index (κ2) is 12.0. The molecule has 0 radical (unpaired) electrons. The van der Waals surface area contributed by atoms with Gasteiger partial charge in [-0.3, -0.25) is 0 Å². The van der Waals surface area contributed by atoms with E-state index in [0.717, 1.165) is 25.0 Å². The van der Waals surface area contributed by atoms with Gasteiger partial charge in [0.25, 0.3) is 0 Å². The predicted octanol–water partition coefficient (Wildman–Crippen LogP) is 4.67. The number of hydrogen-bond acceptors (Lipinski definition) is 2. The third-order valence-corrected chi connectivity index (χ3v) is 3.86. The molecule has 1 unspecified atom stereocenters. The van der Waals surface area contributed by atoms with Gasteiger partial charge in [-0.2, -0.15) is 0 Å². The van der Waals surface area contributed by atoms with Crippen molar-refractivity contribution >= 4 is 0 Å². The van der Waals surface area contributed by atoms with Crippen LogP contribution in [0.4, 0.5) is 0 Å². The Balaban J connectivity index is 0.000000308. The molecule has 0 N–H and O–H groups in total. The molecule has 1 heterocycles. The Hall–Kier alpha value is -0.0800. The molecule has 2 aliphatic rings. The third-order valence-electron chi connectivity index (χ3n) is 3.86. The summed E-state index contributed by atoms with van der Waals surface area (Å²) in [5.74, 6) is 1.82. The summed E-state index contributed by atoms with van der Waals surface area (Å²) in [6.45, 7) is 10.5. The number of methoxy groups -OCH3 is 1. The van der Waals surface area contributed by atoms with E-state index in [4.69, 9.17) is 9.47 Å². The average molecular weight is 258 g/mol. The van der Waals surface area contributed by atoms with Crippen molar-refractivity contribution in [1.29, 1.82) is 0 Å². The summed E-state index contributed by atoms with van der Waals surface area (Å²) in [4.78, 5) is 0. The highest BCUT2D eigenvalue weighted by Crippen LogP contribution is 2.27. The lowest BCUT2D eigenvalue weighted by Crippen LogP contribution is -2.19. The molecule has 0 spiro atoms. The average Bonchev–Trinajstić information content (AvgIpc) is 2.93. The molecule has 0 amide bonds. The lowest BCUT2D eigenvalue weighted by atomic mass is 9.86. The summed E-state index contributed by atoms with van der Waals surface area (Å²) in [6, 6.07) is 0. The maximum Gasteiger partial charge on any atom is 0.0571 e. The molecule has 0 aromatic rings. The normalized spacial score (nSPS) is 30.8. The van der Waals surface area contributed by atoms with Gasteiger partial charge in [0.2, 0.25) is 0 Å². The highest BCUT2D eigenvalue weighted by atomic mass is 16.5. The van der Waals surface area contributed by atoms with Crippen LogP contribution >= 0.6 is 0 Å². The standard InChI is InChI=1S/C9H18O.C5H10O.C2H6/c1-3-8-4-6-9(10-2)7-5-8;1-5-2-3-6-4-5;1-2/h8-9H,3-7H2,1-2H3;5H,2-4H2,1H3;1-2H3. The van der Waals surface area contributed by atoms with Crippen LogP contribution in [0, 0.1) is 11.8 Å². The van der Waals surface area contributed by atoms with Crippen LogP contribution in [0.2, 0.25) is 0 Å². The van der Waals surface area contributed by atoms with Gasteiger partial charge in [-0.05, 0) is 43.9 Å². The fourth-order valence-electron chi connectivity index (χ4n) is 2.43. The number of rotatable bonds is 2. The van der Waals surface area contributed by atoms with E-state index in [1.54, 1.807) is 0 Å². The molecule has 1 aliphatic heterocycles. The molecule has 1 saturated carbocycles. The minimum Gasteiger partial charge on any atom is -0.381 e. The van der Waals surface area contributed by atoms with Crippen LogP contribution in [0.1, 0.15) is 66.2 Å². The first-order chi connectivity index (χ1) is 8.76. The Labute approximate surface area is 114 Å². The van der Waals surface area contributed by atoms with Crippen LogP contribution in [0.5, 0.6) is 0 Å². The zero-order chi connectivity index (χ0) is 13.8. The van der Waals surface area contributed by atoms with Crippen LogP contribution < -0.4 is 0 Å². The lowest BCUT2D eigenvalue weighted by Gasteiger charge is -2.26. The molecule has 1 atom stereocenters. The second-order valence-electron chi connectivity index (χ2n) is 5.26. The van der Waals surface area contributed by atoms with Gasteiger partial charge in [-0.25, -0.2) is 0 Å². The SMILES string of the molecule is CC.CC1CCOC1.CCC1CCC(OC)CC1. The summed E-state index contributed by atoms with van der Waals surface area (Å²) in [5, 5.41) is 0. The maximum absolute atomic E-state index is 5.28. The van der Waals surface area contributed by atoms with Crippen molar-refractivity contribution in [3.05, 3.63) is 0 Å². The minimum absolute atomic E-state index is 0.572. The fourth-order valence-corrected chi connectivity index (χ4v) is 2.43. The first kappa shape index (κ1) is 17.9. The third kappa shape index (κ3) is 8.10. The Bertz CT molecular complexity index is 144. The zero-order valence-corrected chi connectivity index (χ0v) is 13.2. The Morgan fingerprint density at radius 2 is 1.67 bits per heavy atom. The molecular weight excluding hydrogens is 224 g/mol. The summed E-state index contributed by atoms with van der Waals surface area (Å²) < 4.78 is 10.3. The lowest BCUT2D eigenvalue weighted by molar-refractivity contribution is 0.0563. The first-order valence-electron chi connectivity index (χ1n) is 7.86. The molecule has 2 nitrogen and oxygen atoms in total. The Morgan fingerprint density at radius 3 is 1.94 bits per heavy atom. The van der Waals surface area contributed by atoms with Crippen molar-refractivity contribution in [1.82, 2.24) is 0 Å². The smallest absolute Gasteiger partial charge is 0.0571 e. The number of ether oxygens (including phenoxy) is 2. The van der Waals surface area contributed by atoms with Crippen molar-refractivity contribution in [3.8, 4) is 0 Å². The molecule has 2 rings (SSSR count). The van der Waals surface area contributed by atoms with Gasteiger partial charge in [0.05, 0.1) is 6.10 Å². The predicted molar refractivity (Wildman–Crippen MR) is 79.0 cm³/mol. The van der Waals surface area contributed by atoms with Gasteiger partial charge in [0.15, 0.2) is 0 Å². The summed E-state index contributed by atoms with van der Waals surface area (Å²) >= 11 is 0. The van der Waals surface area contributed by atoms with Gasteiger partial charge < -0.3 is 9.47 Å². The van der Waals surface area contributed by atoms with Crippen LogP contribution in [0.15, 0.2) is 0 Å². The largest absolute Gasteiger partial charge is 0.381 e. The van der Waals surface area contributed by atoms with Crippen molar-refractivity contribution < 1.29 is 9.47 Å². The molecule has 110 valence electrons. The van der Waals surface area contributed by atoms with Gasteiger partial charge in [0.1, 0.15) is 0 Å². The molecule has 2 heteroatoms. The van der Waals surface area contributed by atoms with E-state index in [1.807, 2.05) is 21.0 Å². The Kier molecular flexibility index (Phi) is 11.9. The van der Waals surface area contributed by atoms with E-state index in [9.17, 15) is 0 Å². The molecule has 0 aromatic heterocycles. The van der Waals surface area contributed by atoms with E-state index in [-0.39, 0.29) is 0 Å². The molecule has 0 bridgehead atoms. The Morgan fingerprint density at radius 1 is 1.06 bits per heavy atom. The van der Waals surface area contributed by atoms with Crippen molar-refractivity contribution in [3.63, 3.8) is 0 Å². The molecule has 18 heavy (non-hydrogen) atoms. The van der Waals surface area contributed by atoms with Crippen molar-refractivity contribution in [2.45, 2.75) is 72.3 Å².